The molecule has 1 radical (unpaired) electrons. The summed E-state index contributed by atoms with van der Waals surface area (Å²) >= 11 is 0. The fraction of sp³-hybridized carbons (Fsp3) is 0.538. The first-order valence-corrected chi connectivity index (χ1v) is 8.17. The molecule has 0 N–H and O–H groups in total. The minimum Gasteiger partial charge on any atom is -0.497 e. The number of hydrogen-bond acceptors (Lipinski definition) is 2. The predicted octanol–water partition coefficient (Wildman–Crippen LogP) is 3.07. The Bertz CT molecular complexity index is 324. The summed E-state index contributed by atoms with van der Waals surface area (Å²) in [6, 6.07) is 6.30. The zero-order valence-corrected chi connectivity index (χ0v) is 11.7. The van der Waals surface area contributed by atoms with Gasteiger partial charge in [-0.3, -0.25) is 0 Å². The van der Waals surface area contributed by atoms with Gasteiger partial charge in [0.2, 0.25) is 9.04 Å². The van der Waals surface area contributed by atoms with Crippen LogP contribution >= 0.6 is 0 Å². The highest BCUT2D eigenvalue weighted by molar-refractivity contribution is 6.48. The van der Waals surface area contributed by atoms with Gasteiger partial charge in [0, 0.05) is 6.61 Å². The number of aryl methyl sites for hydroxylation is 1. The number of hydrogen-bond donors (Lipinski definition) is 0. The molecule has 1 rings (SSSR count). The molecule has 0 fully saturated rings. The second kappa shape index (κ2) is 6.71. The number of methoxy groups -OCH3 is 1. The highest BCUT2D eigenvalue weighted by Gasteiger charge is 2.04. The average molecular weight is 237 g/mol. The molecule has 2 nitrogen and oxygen atoms in total. The summed E-state index contributed by atoms with van der Waals surface area (Å²) in [5.41, 5.74) is 2.75. The second-order valence-corrected chi connectivity index (χ2v) is 6.10. The van der Waals surface area contributed by atoms with Crippen LogP contribution in [-0.2, 0) is 17.3 Å². The third kappa shape index (κ3) is 3.98. The highest BCUT2D eigenvalue weighted by atomic mass is 28.3. The molecule has 0 aromatic heterocycles. The Morgan fingerprint density at radius 3 is 2.50 bits per heavy atom. The predicted molar refractivity (Wildman–Crippen MR) is 69.5 cm³/mol. The van der Waals surface area contributed by atoms with E-state index in [0.717, 1.165) is 25.2 Å². The minimum absolute atomic E-state index is 0.570. The lowest BCUT2D eigenvalue weighted by Gasteiger charge is -2.11. The van der Waals surface area contributed by atoms with Crippen molar-refractivity contribution in [1.29, 1.82) is 0 Å². The van der Waals surface area contributed by atoms with Crippen molar-refractivity contribution in [1.82, 2.24) is 0 Å². The van der Waals surface area contributed by atoms with E-state index in [2.05, 4.69) is 32.2 Å². The zero-order chi connectivity index (χ0) is 12.0. The summed E-state index contributed by atoms with van der Waals surface area (Å²) in [7, 11) is 1.14. The Kier molecular flexibility index (Phi) is 5.56. The van der Waals surface area contributed by atoms with Gasteiger partial charge >= 0.3 is 0 Å². The smallest absolute Gasteiger partial charge is 0.204 e. The van der Waals surface area contributed by atoms with Gasteiger partial charge in [0.1, 0.15) is 5.75 Å². The number of rotatable bonds is 6. The molecule has 0 spiro atoms. The van der Waals surface area contributed by atoms with Gasteiger partial charge in [0.15, 0.2) is 0 Å². The number of benzene rings is 1. The van der Waals surface area contributed by atoms with Crippen LogP contribution in [0.5, 0.6) is 5.75 Å². The molecule has 1 aromatic carbocycles. The maximum absolute atomic E-state index is 5.68. The van der Waals surface area contributed by atoms with E-state index in [1.807, 2.05) is 6.07 Å². The van der Waals surface area contributed by atoms with Gasteiger partial charge in [-0.25, -0.2) is 0 Å². The van der Waals surface area contributed by atoms with Crippen molar-refractivity contribution in [2.75, 3.05) is 13.7 Å². The lowest BCUT2D eigenvalue weighted by Crippen LogP contribution is -2.11. The first-order chi connectivity index (χ1) is 7.67. The molecule has 16 heavy (non-hydrogen) atoms. The molecule has 0 saturated carbocycles. The van der Waals surface area contributed by atoms with Crippen molar-refractivity contribution in [2.45, 2.75) is 32.9 Å². The fourth-order valence-corrected chi connectivity index (χ4v) is 2.18. The van der Waals surface area contributed by atoms with Gasteiger partial charge < -0.3 is 9.16 Å². The summed E-state index contributed by atoms with van der Waals surface area (Å²) in [5, 5.41) is 0. The summed E-state index contributed by atoms with van der Waals surface area (Å²) < 4.78 is 10.9. The summed E-state index contributed by atoms with van der Waals surface area (Å²) in [6.07, 6.45) is 2.05. The second-order valence-electron chi connectivity index (χ2n) is 3.99. The van der Waals surface area contributed by atoms with Crippen molar-refractivity contribution in [3.8, 4) is 5.75 Å². The Balaban J connectivity index is 2.67. The minimum atomic E-state index is -0.570. The molecule has 89 valence electrons. The molecule has 0 amide bonds. The Labute approximate surface area is 100 Å². The van der Waals surface area contributed by atoms with Crippen LogP contribution in [0.1, 0.15) is 18.1 Å². The maximum Gasteiger partial charge on any atom is 0.204 e. The maximum atomic E-state index is 5.68. The van der Waals surface area contributed by atoms with Crippen LogP contribution in [0.4, 0.5) is 0 Å². The SMILES string of the molecule is CCc1ccc(OC)cc1CCO[Si](C)C. The molecule has 3 heteroatoms. The highest BCUT2D eigenvalue weighted by Crippen LogP contribution is 2.18. The van der Waals surface area contributed by atoms with Gasteiger partial charge in [-0.05, 0) is 49.2 Å². The lowest BCUT2D eigenvalue weighted by atomic mass is 10.0. The monoisotopic (exact) mass is 237 g/mol. The van der Waals surface area contributed by atoms with Crippen molar-refractivity contribution in [2.24, 2.45) is 0 Å². The Morgan fingerprint density at radius 1 is 1.19 bits per heavy atom. The molecule has 0 heterocycles. The normalized spacial score (nSPS) is 10.8. The van der Waals surface area contributed by atoms with Gasteiger partial charge in [0.25, 0.3) is 0 Å². The summed E-state index contributed by atoms with van der Waals surface area (Å²) in [5.74, 6) is 0.936. The molecule has 0 aliphatic rings. The van der Waals surface area contributed by atoms with Crippen LogP contribution in [0.2, 0.25) is 13.1 Å². The van der Waals surface area contributed by atoms with Crippen LogP contribution in [0.3, 0.4) is 0 Å². The molecule has 0 saturated heterocycles. The first-order valence-electron chi connectivity index (χ1n) is 5.76. The summed E-state index contributed by atoms with van der Waals surface area (Å²) in [6.45, 7) is 7.33. The average Bonchev–Trinajstić information content (AvgIpc) is 2.28. The third-order valence-corrected chi connectivity index (χ3v) is 3.34. The van der Waals surface area contributed by atoms with E-state index < -0.39 is 9.04 Å². The van der Waals surface area contributed by atoms with E-state index in [1.165, 1.54) is 11.1 Å². The third-order valence-electron chi connectivity index (χ3n) is 2.56. The molecular weight excluding hydrogens is 216 g/mol. The van der Waals surface area contributed by atoms with E-state index in [-0.39, 0.29) is 0 Å². The van der Waals surface area contributed by atoms with E-state index in [9.17, 15) is 0 Å². The van der Waals surface area contributed by atoms with Crippen molar-refractivity contribution >= 4 is 9.04 Å². The van der Waals surface area contributed by atoms with Crippen LogP contribution < -0.4 is 4.74 Å². The number of ether oxygens (including phenoxy) is 1. The first kappa shape index (κ1) is 13.3. The largest absolute Gasteiger partial charge is 0.497 e. The van der Waals surface area contributed by atoms with Crippen LogP contribution in [0.25, 0.3) is 0 Å². The van der Waals surface area contributed by atoms with Crippen LogP contribution in [-0.4, -0.2) is 22.8 Å². The zero-order valence-electron chi connectivity index (χ0n) is 10.7. The molecule has 0 atom stereocenters. The summed E-state index contributed by atoms with van der Waals surface area (Å²) in [4.78, 5) is 0. The van der Waals surface area contributed by atoms with Gasteiger partial charge in [-0.1, -0.05) is 13.0 Å². The van der Waals surface area contributed by atoms with Gasteiger partial charge in [-0.15, -0.1) is 0 Å². The van der Waals surface area contributed by atoms with E-state index in [1.54, 1.807) is 7.11 Å². The Hall–Kier alpha value is -0.803. The molecular formula is C13H21O2Si. The molecule has 0 bridgehead atoms. The van der Waals surface area contributed by atoms with Crippen LogP contribution in [0, 0.1) is 0 Å². The standard InChI is InChI=1S/C13H21O2Si/c1-5-11-6-7-13(14-2)10-12(11)8-9-15-16(3)4/h6-7,10H,5,8-9H2,1-4H3. The molecule has 0 aliphatic carbocycles. The molecule has 1 aromatic rings. The van der Waals surface area contributed by atoms with Crippen molar-refractivity contribution in [3.05, 3.63) is 29.3 Å². The van der Waals surface area contributed by atoms with E-state index >= 15 is 0 Å². The lowest BCUT2D eigenvalue weighted by molar-refractivity contribution is 0.330. The van der Waals surface area contributed by atoms with E-state index in [4.69, 9.17) is 9.16 Å². The fourth-order valence-electron chi connectivity index (χ4n) is 1.67. The van der Waals surface area contributed by atoms with Crippen LogP contribution in [0.15, 0.2) is 18.2 Å². The molecule has 0 aliphatic heterocycles. The quantitative estimate of drug-likeness (QED) is 0.708. The van der Waals surface area contributed by atoms with Crippen molar-refractivity contribution < 1.29 is 9.16 Å². The van der Waals surface area contributed by atoms with Gasteiger partial charge in [0.05, 0.1) is 7.11 Å². The van der Waals surface area contributed by atoms with E-state index in [0.29, 0.717) is 0 Å². The Morgan fingerprint density at radius 2 is 1.94 bits per heavy atom. The topological polar surface area (TPSA) is 18.5 Å². The molecule has 0 unspecified atom stereocenters. The van der Waals surface area contributed by atoms with Crippen molar-refractivity contribution in [3.63, 3.8) is 0 Å². The van der Waals surface area contributed by atoms with Gasteiger partial charge in [-0.2, -0.15) is 0 Å².